The summed E-state index contributed by atoms with van der Waals surface area (Å²) in [6.45, 7) is 1.92. The van der Waals surface area contributed by atoms with Crippen LogP contribution < -0.4 is 5.32 Å². The van der Waals surface area contributed by atoms with Crippen molar-refractivity contribution in [2.45, 2.75) is 6.42 Å². The van der Waals surface area contributed by atoms with Gasteiger partial charge in [0.25, 0.3) is 0 Å². The van der Waals surface area contributed by atoms with Crippen molar-refractivity contribution < 1.29 is 0 Å². The Balaban J connectivity index is 1.98. The summed E-state index contributed by atoms with van der Waals surface area (Å²) in [5, 5.41) is 14.4. The van der Waals surface area contributed by atoms with Crippen molar-refractivity contribution in [2.75, 3.05) is 32.5 Å². The lowest BCUT2D eigenvalue weighted by Gasteiger charge is -2.08. The Bertz CT molecular complexity index is 571. The Morgan fingerprint density at radius 2 is 2.05 bits per heavy atom. The van der Waals surface area contributed by atoms with E-state index in [4.69, 9.17) is 23.2 Å². The van der Waals surface area contributed by atoms with E-state index in [1.165, 1.54) is 11.3 Å². The second kappa shape index (κ2) is 7.22. The van der Waals surface area contributed by atoms with Gasteiger partial charge in [0.15, 0.2) is 5.01 Å². The topological polar surface area (TPSA) is 41.0 Å². The molecule has 0 radical (unpaired) electrons. The average Bonchev–Trinajstić information content (AvgIpc) is 2.83. The van der Waals surface area contributed by atoms with E-state index in [-0.39, 0.29) is 0 Å². The molecule has 4 nitrogen and oxygen atoms in total. The number of nitrogens with one attached hydrogen (secondary N) is 1. The first-order chi connectivity index (χ1) is 9.56. The molecular weight excluding hydrogens is 315 g/mol. The van der Waals surface area contributed by atoms with Crippen molar-refractivity contribution >= 4 is 39.7 Å². The van der Waals surface area contributed by atoms with Crippen molar-refractivity contribution in [3.8, 4) is 10.6 Å². The molecule has 1 N–H and O–H groups in total. The van der Waals surface area contributed by atoms with E-state index < -0.39 is 0 Å². The smallest absolute Gasteiger partial charge is 0.206 e. The molecule has 0 aliphatic rings. The molecule has 2 rings (SSSR count). The molecule has 1 aromatic carbocycles. The molecule has 0 unspecified atom stereocenters. The van der Waals surface area contributed by atoms with Gasteiger partial charge in [0, 0.05) is 17.1 Å². The number of aromatic nitrogens is 2. The number of hydrogen-bond acceptors (Lipinski definition) is 5. The molecule has 0 atom stereocenters. The van der Waals surface area contributed by atoms with Gasteiger partial charge in [-0.2, -0.15) is 0 Å². The molecule has 0 saturated heterocycles. The summed E-state index contributed by atoms with van der Waals surface area (Å²) in [6.07, 6.45) is 1.06. The molecule has 7 heteroatoms. The van der Waals surface area contributed by atoms with Crippen molar-refractivity contribution in [3.05, 3.63) is 28.2 Å². The van der Waals surface area contributed by atoms with Gasteiger partial charge in [-0.25, -0.2) is 0 Å². The van der Waals surface area contributed by atoms with Crippen molar-refractivity contribution in [2.24, 2.45) is 0 Å². The molecule has 108 valence electrons. The summed E-state index contributed by atoms with van der Waals surface area (Å²) >= 11 is 13.5. The quantitative estimate of drug-likeness (QED) is 0.816. The summed E-state index contributed by atoms with van der Waals surface area (Å²) in [5.74, 6) is 0. The number of benzene rings is 1. The van der Waals surface area contributed by atoms with Gasteiger partial charge in [-0.05, 0) is 45.3 Å². The van der Waals surface area contributed by atoms with Crippen LogP contribution in [0.15, 0.2) is 18.2 Å². The average molecular weight is 331 g/mol. The fraction of sp³-hybridized carbons (Fsp3) is 0.385. The largest absolute Gasteiger partial charge is 0.360 e. The minimum Gasteiger partial charge on any atom is -0.360 e. The lowest BCUT2D eigenvalue weighted by Crippen LogP contribution is -2.16. The molecule has 1 aromatic heterocycles. The number of halogens is 2. The fourth-order valence-corrected chi connectivity index (χ4v) is 3.02. The summed E-state index contributed by atoms with van der Waals surface area (Å²) in [7, 11) is 4.12. The number of rotatable bonds is 6. The van der Waals surface area contributed by atoms with Gasteiger partial charge in [-0.15, -0.1) is 10.2 Å². The minimum atomic E-state index is 0.591. The van der Waals surface area contributed by atoms with Gasteiger partial charge in [0.05, 0.1) is 5.02 Å². The summed E-state index contributed by atoms with van der Waals surface area (Å²) in [4.78, 5) is 2.15. The first kappa shape index (κ1) is 15.5. The summed E-state index contributed by atoms with van der Waals surface area (Å²) in [6, 6.07) is 5.37. The number of anilines is 1. The molecule has 1 heterocycles. The van der Waals surface area contributed by atoms with Crippen molar-refractivity contribution in [3.63, 3.8) is 0 Å². The van der Waals surface area contributed by atoms with E-state index in [1.807, 2.05) is 6.07 Å². The highest BCUT2D eigenvalue weighted by molar-refractivity contribution is 7.18. The van der Waals surface area contributed by atoms with Crippen LogP contribution in [0, 0.1) is 0 Å². The second-order valence-corrected chi connectivity index (χ2v) is 6.44. The fourth-order valence-electron chi connectivity index (χ4n) is 1.66. The highest BCUT2D eigenvalue weighted by Crippen LogP contribution is 2.33. The molecule has 2 aromatic rings. The summed E-state index contributed by atoms with van der Waals surface area (Å²) in [5.41, 5.74) is 0.856. The Labute approximate surface area is 132 Å². The highest BCUT2D eigenvalue weighted by Gasteiger charge is 2.10. The molecule has 0 bridgehead atoms. The van der Waals surface area contributed by atoms with Gasteiger partial charge in [-0.3, -0.25) is 0 Å². The predicted octanol–water partition coefficient (Wildman–Crippen LogP) is 3.88. The maximum Gasteiger partial charge on any atom is 0.206 e. The van der Waals surface area contributed by atoms with Gasteiger partial charge >= 0.3 is 0 Å². The highest BCUT2D eigenvalue weighted by atomic mass is 35.5. The maximum atomic E-state index is 6.16. The van der Waals surface area contributed by atoms with Gasteiger partial charge in [-0.1, -0.05) is 34.5 Å². The van der Waals surface area contributed by atoms with E-state index in [0.717, 1.165) is 35.2 Å². The van der Waals surface area contributed by atoms with Crippen LogP contribution in [-0.4, -0.2) is 42.3 Å². The molecule has 0 fully saturated rings. The lowest BCUT2D eigenvalue weighted by atomic mass is 10.2. The van der Waals surface area contributed by atoms with Gasteiger partial charge in [0.1, 0.15) is 0 Å². The Kier molecular flexibility index (Phi) is 5.60. The van der Waals surface area contributed by atoms with Crippen molar-refractivity contribution in [1.29, 1.82) is 0 Å². The molecular formula is C13H16Cl2N4S. The number of hydrogen-bond donors (Lipinski definition) is 1. The first-order valence-electron chi connectivity index (χ1n) is 6.24. The molecule has 20 heavy (non-hydrogen) atoms. The van der Waals surface area contributed by atoms with E-state index >= 15 is 0 Å². The van der Waals surface area contributed by atoms with Crippen LogP contribution in [0.4, 0.5) is 5.13 Å². The van der Waals surface area contributed by atoms with Crippen molar-refractivity contribution in [1.82, 2.24) is 15.1 Å². The normalized spacial score (nSPS) is 11.1. The standard InChI is InChI=1S/C13H16Cl2N4S/c1-19(2)7-3-6-16-13-18-17-12(20-13)10-5-4-9(14)8-11(10)15/h4-5,8H,3,6-7H2,1-2H3,(H,16,18). The lowest BCUT2D eigenvalue weighted by molar-refractivity contribution is 0.405. The second-order valence-electron chi connectivity index (χ2n) is 4.62. The minimum absolute atomic E-state index is 0.591. The zero-order chi connectivity index (χ0) is 14.5. The Morgan fingerprint density at radius 1 is 1.25 bits per heavy atom. The molecule has 0 aliphatic carbocycles. The monoisotopic (exact) mass is 330 g/mol. The van der Waals surface area contributed by atoms with Crippen LogP contribution in [0.1, 0.15) is 6.42 Å². The SMILES string of the molecule is CN(C)CCCNc1nnc(-c2ccc(Cl)cc2Cl)s1. The molecule has 0 spiro atoms. The van der Waals surface area contributed by atoms with E-state index in [0.29, 0.717) is 10.0 Å². The predicted molar refractivity (Wildman–Crippen MR) is 87.0 cm³/mol. The molecule has 0 amide bonds. The van der Waals surface area contributed by atoms with E-state index in [9.17, 15) is 0 Å². The Hall–Kier alpha value is -0.880. The first-order valence-corrected chi connectivity index (χ1v) is 7.81. The van der Waals surface area contributed by atoms with E-state index in [1.54, 1.807) is 12.1 Å². The zero-order valence-electron chi connectivity index (χ0n) is 11.4. The van der Waals surface area contributed by atoms with Gasteiger partial charge in [0.2, 0.25) is 5.13 Å². The number of nitrogens with zero attached hydrogens (tertiary/aromatic N) is 3. The van der Waals surface area contributed by atoms with Crippen LogP contribution >= 0.6 is 34.5 Å². The maximum absolute atomic E-state index is 6.16. The Morgan fingerprint density at radius 3 is 2.75 bits per heavy atom. The third-order valence-electron chi connectivity index (χ3n) is 2.64. The third-order valence-corrected chi connectivity index (χ3v) is 4.11. The zero-order valence-corrected chi connectivity index (χ0v) is 13.7. The van der Waals surface area contributed by atoms with Gasteiger partial charge < -0.3 is 10.2 Å². The van der Waals surface area contributed by atoms with Crippen LogP contribution in [-0.2, 0) is 0 Å². The molecule has 0 aliphatic heterocycles. The third kappa shape index (κ3) is 4.31. The molecule has 0 saturated carbocycles. The van der Waals surface area contributed by atoms with E-state index in [2.05, 4.69) is 34.5 Å². The van der Waals surface area contributed by atoms with Crippen LogP contribution in [0.5, 0.6) is 0 Å². The summed E-state index contributed by atoms with van der Waals surface area (Å²) < 4.78 is 0. The van der Waals surface area contributed by atoms with Crippen LogP contribution in [0.2, 0.25) is 10.0 Å². The van der Waals surface area contributed by atoms with Crippen LogP contribution in [0.3, 0.4) is 0 Å². The van der Waals surface area contributed by atoms with Crippen LogP contribution in [0.25, 0.3) is 10.6 Å².